The maximum atomic E-state index is 5.52. The molecule has 0 N–H and O–H groups in total. The Balaban J connectivity index is 1.05. The second kappa shape index (κ2) is 14.5. The van der Waals surface area contributed by atoms with Crippen molar-refractivity contribution in [2.75, 3.05) is 0 Å². The predicted molar refractivity (Wildman–Crippen MR) is 257 cm³/mol. The minimum absolute atomic E-state index is 0.127. The molecular weight excluding hydrogens is 767 g/mol. The molecule has 5 aromatic heterocycles. The molecule has 0 saturated heterocycles. The lowest BCUT2D eigenvalue weighted by Gasteiger charge is -2.22. The Morgan fingerprint density at radius 3 is 1.38 bits per heavy atom. The average molecular weight is 808 g/mol. The van der Waals surface area contributed by atoms with Gasteiger partial charge in [0.1, 0.15) is 11.3 Å². The Bertz CT molecular complexity index is 3360. The van der Waals surface area contributed by atoms with Crippen LogP contribution in [-0.2, 0) is 5.41 Å². The van der Waals surface area contributed by atoms with E-state index in [1.807, 2.05) is 24.3 Å². The van der Waals surface area contributed by atoms with Gasteiger partial charge in [0.05, 0.1) is 34.2 Å². The maximum Gasteiger partial charge on any atom is 0.137 e. The molecule has 1 aliphatic carbocycles. The van der Waals surface area contributed by atoms with E-state index in [2.05, 4.69) is 211 Å². The SMILES string of the molecule is CC1(C)c2ccccc2-c2ccc(-c3cc(-c4cccc(-c5c(-c6ccccc6)nc6ccccn56)c4)nc(-c4cccc(-c5c(-c6ccccc6)nc6ccccn56)c4)c3)cc21. The Morgan fingerprint density at radius 1 is 0.333 bits per heavy atom. The first-order chi connectivity index (χ1) is 31.0. The van der Waals surface area contributed by atoms with E-state index < -0.39 is 0 Å². The van der Waals surface area contributed by atoms with E-state index in [1.54, 1.807) is 0 Å². The van der Waals surface area contributed by atoms with Crippen molar-refractivity contribution in [2.45, 2.75) is 19.3 Å². The van der Waals surface area contributed by atoms with Crippen molar-refractivity contribution >= 4 is 11.3 Å². The molecule has 0 amide bonds. The largest absolute Gasteiger partial charge is 0.299 e. The van der Waals surface area contributed by atoms with E-state index in [0.29, 0.717) is 0 Å². The van der Waals surface area contributed by atoms with Gasteiger partial charge in [-0.25, -0.2) is 15.0 Å². The van der Waals surface area contributed by atoms with E-state index in [9.17, 15) is 0 Å². The number of hydrogen-bond donors (Lipinski definition) is 0. The fraction of sp³-hybridized carbons (Fsp3) is 0.0517. The molecule has 0 radical (unpaired) electrons. The van der Waals surface area contributed by atoms with Crippen molar-refractivity contribution in [3.8, 4) is 89.8 Å². The summed E-state index contributed by atoms with van der Waals surface area (Å²) in [5, 5.41) is 0. The standard InChI is InChI=1S/C58H41N5/c1-58(2)48-26-10-9-25-46(48)47-30-29-40(35-49(47)58)45-36-50(41-21-15-23-43(33-41)56-54(38-17-5-3-6-18-38)60-52-27-11-13-31-62(52)56)59-51(37-45)42-22-16-24-44(34-42)57-55(39-19-7-4-8-20-39)61-53-28-12-14-32-63(53)57/h3-37H,1-2H3. The van der Waals surface area contributed by atoms with Crippen LogP contribution in [0.2, 0.25) is 0 Å². The van der Waals surface area contributed by atoms with Gasteiger partial charge in [-0.1, -0.05) is 159 Å². The zero-order chi connectivity index (χ0) is 42.1. The second-order valence-corrected chi connectivity index (χ2v) is 16.9. The highest BCUT2D eigenvalue weighted by Crippen LogP contribution is 2.50. The third-order valence-electron chi connectivity index (χ3n) is 12.8. The van der Waals surface area contributed by atoms with Gasteiger partial charge in [0.15, 0.2) is 0 Å². The summed E-state index contributed by atoms with van der Waals surface area (Å²) in [6, 6.07) is 71.1. The number of rotatable bonds is 7. The fourth-order valence-corrected chi connectivity index (χ4v) is 9.67. The summed E-state index contributed by atoms with van der Waals surface area (Å²) < 4.78 is 4.38. The van der Waals surface area contributed by atoms with Crippen molar-refractivity contribution in [2.24, 2.45) is 0 Å². The number of aromatic nitrogens is 5. The molecule has 5 heteroatoms. The number of benzene rings is 6. The summed E-state index contributed by atoms with van der Waals surface area (Å²) in [6.45, 7) is 4.69. The molecule has 5 nitrogen and oxygen atoms in total. The summed E-state index contributed by atoms with van der Waals surface area (Å²) in [7, 11) is 0. The van der Waals surface area contributed by atoms with Gasteiger partial charge < -0.3 is 0 Å². The first-order valence-electron chi connectivity index (χ1n) is 21.5. The molecule has 0 aliphatic heterocycles. The average Bonchev–Trinajstić information content (AvgIpc) is 4.00. The number of fused-ring (bicyclic) bond motifs is 5. The van der Waals surface area contributed by atoms with Gasteiger partial charge in [0.25, 0.3) is 0 Å². The van der Waals surface area contributed by atoms with Crippen molar-refractivity contribution in [1.82, 2.24) is 23.8 Å². The van der Waals surface area contributed by atoms with Gasteiger partial charge in [0, 0.05) is 51.2 Å². The lowest BCUT2D eigenvalue weighted by atomic mass is 9.81. The topological polar surface area (TPSA) is 47.5 Å². The van der Waals surface area contributed by atoms with Crippen LogP contribution >= 0.6 is 0 Å². The summed E-state index contributed by atoms with van der Waals surface area (Å²) in [5.74, 6) is 0. The van der Waals surface area contributed by atoms with E-state index in [-0.39, 0.29) is 5.41 Å². The van der Waals surface area contributed by atoms with Crippen LogP contribution in [0, 0.1) is 0 Å². The van der Waals surface area contributed by atoms with Crippen LogP contribution in [0.25, 0.3) is 101 Å². The van der Waals surface area contributed by atoms with E-state index in [0.717, 1.165) is 90.0 Å². The number of hydrogen-bond acceptors (Lipinski definition) is 3. The van der Waals surface area contributed by atoms with Crippen molar-refractivity contribution in [3.05, 3.63) is 224 Å². The quantitative estimate of drug-likeness (QED) is 0.161. The highest BCUT2D eigenvalue weighted by molar-refractivity contribution is 5.88. The predicted octanol–water partition coefficient (Wildman–Crippen LogP) is 14.4. The highest BCUT2D eigenvalue weighted by Gasteiger charge is 2.35. The van der Waals surface area contributed by atoms with Crippen LogP contribution in [0.3, 0.4) is 0 Å². The fourth-order valence-electron chi connectivity index (χ4n) is 9.67. The molecule has 298 valence electrons. The first-order valence-corrected chi connectivity index (χ1v) is 21.5. The van der Waals surface area contributed by atoms with Crippen LogP contribution in [0.15, 0.2) is 213 Å². The van der Waals surface area contributed by atoms with Crippen molar-refractivity contribution in [3.63, 3.8) is 0 Å². The minimum Gasteiger partial charge on any atom is -0.299 e. The van der Waals surface area contributed by atoms with Crippen LogP contribution in [0.5, 0.6) is 0 Å². The van der Waals surface area contributed by atoms with Gasteiger partial charge in [-0.05, 0) is 88.0 Å². The first kappa shape index (κ1) is 36.7. The molecule has 63 heavy (non-hydrogen) atoms. The minimum atomic E-state index is -0.127. The van der Waals surface area contributed by atoms with Gasteiger partial charge in [-0.2, -0.15) is 0 Å². The van der Waals surface area contributed by atoms with Crippen molar-refractivity contribution < 1.29 is 0 Å². The molecule has 0 unspecified atom stereocenters. The number of pyridine rings is 3. The zero-order valence-corrected chi connectivity index (χ0v) is 34.9. The monoisotopic (exact) mass is 807 g/mol. The van der Waals surface area contributed by atoms with Crippen LogP contribution < -0.4 is 0 Å². The Morgan fingerprint density at radius 2 is 0.810 bits per heavy atom. The van der Waals surface area contributed by atoms with E-state index in [1.165, 1.54) is 22.3 Å². The lowest BCUT2D eigenvalue weighted by molar-refractivity contribution is 0.660. The highest BCUT2D eigenvalue weighted by atomic mass is 15.0. The summed E-state index contributed by atoms with van der Waals surface area (Å²) >= 11 is 0. The van der Waals surface area contributed by atoms with Crippen LogP contribution in [0.1, 0.15) is 25.0 Å². The summed E-state index contributed by atoms with van der Waals surface area (Å²) in [4.78, 5) is 15.8. The molecule has 11 aromatic rings. The molecule has 0 atom stereocenters. The molecule has 0 bridgehead atoms. The van der Waals surface area contributed by atoms with Gasteiger partial charge >= 0.3 is 0 Å². The Kier molecular flexibility index (Phi) is 8.44. The molecule has 6 aromatic carbocycles. The van der Waals surface area contributed by atoms with Crippen LogP contribution in [-0.4, -0.2) is 23.8 Å². The molecule has 0 spiro atoms. The van der Waals surface area contributed by atoms with Gasteiger partial charge in [0.2, 0.25) is 0 Å². The Hall–Kier alpha value is -8.15. The molecular formula is C58H41N5. The van der Waals surface area contributed by atoms with E-state index >= 15 is 0 Å². The summed E-state index contributed by atoms with van der Waals surface area (Å²) in [6.07, 6.45) is 4.20. The molecule has 0 saturated carbocycles. The normalized spacial score (nSPS) is 12.7. The van der Waals surface area contributed by atoms with Gasteiger partial charge in [-0.3, -0.25) is 8.80 Å². The Labute approximate surface area is 366 Å². The maximum absolute atomic E-state index is 5.52. The third kappa shape index (κ3) is 6.12. The van der Waals surface area contributed by atoms with Gasteiger partial charge in [-0.15, -0.1) is 0 Å². The van der Waals surface area contributed by atoms with Crippen molar-refractivity contribution in [1.29, 1.82) is 0 Å². The molecule has 12 rings (SSSR count). The molecule has 5 heterocycles. The third-order valence-corrected chi connectivity index (χ3v) is 12.8. The lowest BCUT2D eigenvalue weighted by Crippen LogP contribution is -2.14. The number of imidazole rings is 2. The summed E-state index contributed by atoms with van der Waals surface area (Å²) in [5.41, 5.74) is 21.4. The second-order valence-electron chi connectivity index (χ2n) is 16.9. The van der Waals surface area contributed by atoms with E-state index in [4.69, 9.17) is 15.0 Å². The van der Waals surface area contributed by atoms with Crippen LogP contribution in [0.4, 0.5) is 0 Å². The molecule has 1 aliphatic rings. The smallest absolute Gasteiger partial charge is 0.137 e. The molecule has 0 fully saturated rings. The number of nitrogens with zero attached hydrogens (tertiary/aromatic N) is 5. The zero-order valence-electron chi connectivity index (χ0n) is 34.9.